The van der Waals surface area contributed by atoms with Gasteiger partial charge in [-0.3, -0.25) is 0 Å². The molecule has 0 fully saturated rings. The molecule has 2 nitrogen and oxygen atoms in total. The van der Waals surface area contributed by atoms with Gasteiger partial charge in [-0.15, -0.1) is 0 Å². The molecule has 0 radical (unpaired) electrons. The van der Waals surface area contributed by atoms with Crippen molar-refractivity contribution in [3.05, 3.63) is 18.2 Å². The Balaban J connectivity index is 1.98. The summed E-state index contributed by atoms with van der Waals surface area (Å²) in [7, 11) is 0. The van der Waals surface area contributed by atoms with Crippen LogP contribution in [0.1, 0.15) is 206 Å². The number of hydrogen-bond donors (Lipinski definition) is 0. The average molecular weight is 546 g/mol. The van der Waals surface area contributed by atoms with Gasteiger partial charge in [0.2, 0.25) is 0 Å². The molecule has 0 unspecified atom stereocenters. The van der Waals surface area contributed by atoms with Crippen LogP contribution in [0, 0.1) is 0 Å². The molecule has 0 atom stereocenters. The molecular weight excluding hydrogens is 472 g/mol. The molecule has 0 aliphatic heterocycles. The number of rotatable bonds is 31. The van der Waals surface area contributed by atoms with E-state index in [0.29, 0.717) is 0 Å². The summed E-state index contributed by atoms with van der Waals surface area (Å²) in [5.41, 5.74) is 0. The van der Waals surface area contributed by atoms with Crippen LogP contribution in [0.3, 0.4) is 0 Å². The number of unbranched alkanes of at least 4 members (excludes halogenated alkanes) is 26. The van der Waals surface area contributed by atoms with E-state index in [1.54, 1.807) is 5.82 Å². The molecule has 1 aromatic rings. The van der Waals surface area contributed by atoms with Gasteiger partial charge in [0.25, 0.3) is 5.82 Å². The highest BCUT2D eigenvalue weighted by Crippen LogP contribution is 2.15. The first-order valence-electron chi connectivity index (χ1n) is 18.4. The summed E-state index contributed by atoms with van der Waals surface area (Å²) in [5.74, 6) is 1.57. The molecule has 1 rings (SSSR count). The first-order chi connectivity index (χ1) is 19.3. The van der Waals surface area contributed by atoms with Gasteiger partial charge in [-0.2, -0.15) is 0 Å². The third-order valence-corrected chi connectivity index (χ3v) is 8.94. The van der Waals surface area contributed by atoms with E-state index in [0.717, 1.165) is 6.54 Å². The fourth-order valence-electron chi connectivity index (χ4n) is 6.23. The Hall–Kier alpha value is -0.790. The predicted molar refractivity (Wildman–Crippen MR) is 175 cm³/mol. The molecule has 230 valence electrons. The number of aromatic nitrogens is 2. The molecule has 0 aromatic carbocycles. The first-order valence-corrected chi connectivity index (χ1v) is 18.4. The topological polar surface area (TPSA) is 8.81 Å². The summed E-state index contributed by atoms with van der Waals surface area (Å²) in [5, 5.41) is 0. The van der Waals surface area contributed by atoms with E-state index in [1.807, 2.05) is 0 Å². The molecular formula is C37H73N2+. The van der Waals surface area contributed by atoms with Gasteiger partial charge < -0.3 is 0 Å². The monoisotopic (exact) mass is 546 g/mol. The summed E-state index contributed by atoms with van der Waals surface area (Å²) in [4.78, 5) is 0. The largest absolute Gasteiger partial charge is 0.256 e. The average Bonchev–Trinajstić information content (AvgIpc) is 3.34. The number of hydrogen-bond acceptors (Lipinski definition) is 0. The van der Waals surface area contributed by atoms with E-state index in [1.165, 1.54) is 193 Å². The van der Waals surface area contributed by atoms with Crippen LogP contribution in [0.25, 0.3) is 0 Å². The fraction of sp³-hybridized carbons (Fsp3) is 0.919. The van der Waals surface area contributed by atoms with Crippen molar-refractivity contribution in [2.24, 2.45) is 0 Å². The number of aryl methyl sites for hydroxylation is 2. The molecule has 0 spiro atoms. The Kier molecular flexibility index (Phi) is 26.7. The Morgan fingerprint density at radius 2 is 0.769 bits per heavy atom. The molecule has 0 N–H and O–H groups in total. The van der Waals surface area contributed by atoms with Gasteiger partial charge in [-0.1, -0.05) is 174 Å². The van der Waals surface area contributed by atoms with E-state index in [9.17, 15) is 0 Å². The molecule has 0 bridgehead atoms. The zero-order chi connectivity index (χ0) is 28.1. The van der Waals surface area contributed by atoms with Crippen molar-refractivity contribution in [2.45, 2.75) is 220 Å². The Labute approximate surface area is 247 Å². The lowest BCUT2D eigenvalue weighted by molar-refractivity contribution is -0.700. The Bertz CT molecular complexity index is 605. The van der Waals surface area contributed by atoms with Crippen molar-refractivity contribution in [1.82, 2.24) is 4.57 Å². The van der Waals surface area contributed by atoms with Crippen LogP contribution in [0.2, 0.25) is 0 Å². The summed E-state index contributed by atoms with van der Waals surface area (Å²) in [6.45, 7) is 9.24. The minimum atomic E-state index is 1.11. The summed E-state index contributed by atoms with van der Waals surface area (Å²) in [6, 6.07) is 0. The van der Waals surface area contributed by atoms with E-state index < -0.39 is 0 Å². The highest BCUT2D eigenvalue weighted by molar-refractivity contribution is 4.84. The summed E-state index contributed by atoms with van der Waals surface area (Å²) in [6.07, 6.45) is 46.3. The number of imidazole rings is 1. The molecule has 0 saturated carbocycles. The van der Waals surface area contributed by atoms with Gasteiger partial charge in [-0.25, -0.2) is 9.13 Å². The maximum absolute atomic E-state index is 2.57. The van der Waals surface area contributed by atoms with Crippen LogP contribution in [0.15, 0.2) is 12.4 Å². The van der Waals surface area contributed by atoms with Crippen LogP contribution >= 0.6 is 0 Å². The summed E-state index contributed by atoms with van der Waals surface area (Å²) < 4.78 is 5.07. The van der Waals surface area contributed by atoms with Crippen molar-refractivity contribution in [3.8, 4) is 0 Å². The minimum Gasteiger partial charge on any atom is -0.235 e. The molecule has 0 saturated heterocycles. The predicted octanol–water partition coefficient (Wildman–Crippen LogP) is 12.3. The fourth-order valence-corrected chi connectivity index (χ4v) is 6.23. The zero-order valence-electron chi connectivity index (χ0n) is 27.5. The van der Waals surface area contributed by atoms with E-state index in [4.69, 9.17) is 0 Å². The number of nitrogens with zero attached hydrogens (tertiary/aromatic N) is 2. The van der Waals surface area contributed by atoms with Crippen molar-refractivity contribution in [2.75, 3.05) is 0 Å². The second-order valence-electron chi connectivity index (χ2n) is 12.6. The van der Waals surface area contributed by atoms with Crippen LogP contribution in [-0.4, -0.2) is 4.57 Å². The van der Waals surface area contributed by atoms with Gasteiger partial charge in [0, 0.05) is 6.42 Å². The van der Waals surface area contributed by atoms with Crippen molar-refractivity contribution in [3.63, 3.8) is 0 Å². The molecule has 39 heavy (non-hydrogen) atoms. The van der Waals surface area contributed by atoms with Crippen LogP contribution in [0.5, 0.6) is 0 Å². The molecule has 2 heteroatoms. The molecule has 1 heterocycles. The van der Waals surface area contributed by atoms with Crippen LogP contribution in [0.4, 0.5) is 0 Å². The highest BCUT2D eigenvalue weighted by atomic mass is 15.1. The lowest BCUT2D eigenvalue weighted by Gasteiger charge is -2.06. The normalized spacial score (nSPS) is 11.6. The maximum Gasteiger partial charge on any atom is 0.256 e. The molecule has 0 aliphatic rings. The van der Waals surface area contributed by atoms with Gasteiger partial charge in [0.15, 0.2) is 0 Å². The smallest absolute Gasteiger partial charge is 0.235 e. The van der Waals surface area contributed by atoms with Gasteiger partial charge in [-0.05, 0) is 26.2 Å². The van der Waals surface area contributed by atoms with Gasteiger partial charge in [0.05, 0.1) is 13.1 Å². The lowest BCUT2D eigenvalue weighted by atomic mass is 10.0. The second-order valence-corrected chi connectivity index (χ2v) is 12.6. The standard InChI is InChI=1S/C37H73N2/c1-4-7-9-11-13-15-17-19-20-21-22-23-25-27-29-31-33-37-38(6-3)35-36-39(37)34-32-30-28-26-24-18-16-14-12-10-8-5-2/h35-36H,4-34H2,1-3H3/q+1. The SMILES string of the molecule is CCCCCCCCCCCCCCCCCCc1n(CCCCCCCCCCCCCC)cc[n+]1CC. The highest BCUT2D eigenvalue weighted by Gasteiger charge is 2.15. The van der Waals surface area contributed by atoms with Crippen LogP contribution in [-0.2, 0) is 19.5 Å². The Morgan fingerprint density at radius 1 is 0.436 bits per heavy atom. The quantitative estimate of drug-likeness (QED) is 0.0648. The van der Waals surface area contributed by atoms with E-state index >= 15 is 0 Å². The van der Waals surface area contributed by atoms with Gasteiger partial charge >= 0.3 is 0 Å². The van der Waals surface area contributed by atoms with Crippen molar-refractivity contribution in [1.29, 1.82) is 0 Å². The van der Waals surface area contributed by atoms with E-state index in [2.05, 4.69) is 42.3 Å². The lowest BCUT2D eigenvalue weighted by Crippen LogP contribution is -2.36. The van der Waals surface area contributed by atoms with Crippen molar-refractivity contribution >= 4 is 0 Å². The third kappa shape index (κ3) is 21.6. The van der Waals surface area contributed by atoms with Crippen molar-refractivity contribution < 1.29 is 4.57 Å². The Morgan fingerprint density at radius 3 is 1.13 bits per heavy atom. The molecule has 1 aromatic heterocycles. The second kappa shape index (κ2) is 28.7. The maximum atomic E-state index is 2.57. The summed E-state index contributed by atoms with van der Waals surface area (Å²) >= 11 is 0. The molecule has 0 amide bonds. The van der Waals surface area contributed by atoms with Crippen LogP contribution < -0.4 is 4.57 Å². The molecule has 0 aliphatic carbocycles. The van der Waals surface area contributed by atoms with Gasteiger partial charge in [0.1, 0.15) is 12.4 Å². The minimum absolute atomic E-state index is 1.11. The third-order valence-electron chi connectivity index (χ3n) is 8.94. The van der Waals surface area contributed by atoms with E-state index in [-0.39, 0.29) is 0 Å². The first kappa shape index (κ1) is 36.2. The zero-order valence-corrected chi connectivity index (χ0v) is 27.5.